The molecular weight excluding hydrogens is 228 g/mol. The number of imide groups is 1. The second-order valence-electron chi connectivity index (χ2n) is 5.02. The summed E-state index contributed by atoms with van der Waals surface area (Å²) in [5, 5.41) is 2.80. The standard InChI is InChI=1S/C14H26N2O2/c1-2-3-4-5-6-7-8-9-10-16-13(17)11-15-12-14(16)18/h15H,2-12H2,1H3. The van der Waals surface area contributed by atoms with Crippen LogP contribution >= 0.6 is 0 Å². The average molecular weight is 254 g/mol. The Balaban J connectivity index is 2.00. The third kappa shape index (κ3) is 5.63. The van der Waals surface area contributed by atoms with E-state index in [0.29, 0.717) is 19.6 Å². The van der Waals surface area contributed by atoms with Crippen LogP contribution in [0.2, 0.25) is 0 Å². The number of amides is 2. The summed E-state index contributed by atoms with van der Waals surface area (Å²) >= 11 is 0. The van der Waals surface area contributed by atoms with Crippen molar-refractivity contribution in [3.05, 3.63) is 0 Å². The lowest BCUT2D eigenvalue weighted by Gasteiger charge is -2.25. The van der Waals surface area contributed by atoms with Gasteiger partial charge in [-0.05, 0) is 6.42 Å². The molecule has 1 N–H and O–H groups in total. The normalized spacial score (nSPS) is 16.4. The molecule has 104 valence electrons. The van der Waals surface area contributed by atoms with Gasteiger partial charge in [-0.15, -0.1) is 0 Å². The second kappa shape index (κ2) is 9.09. The van der Waals surface area contributed by atoms with Gasteiger partial charge in [-0.2, -0.15) is 0 Å². The van der Waals surface area contributed by atoms with Crippen molar-refractivity contribution in [1.82, 2.24) is 10.2 Å². The lowest BCUT2D eigenvalue weighted by molar-refractivity contribution is -0.146. The van der Waals surface area contributed by atoms with E-state index in [-0.39, 0.29) is 11.8 Å². The van der Waals surface area contributed by atoms with Crippen LogP contribution in [0.5, 0.6) is 0 Å². The van der Waals surface area contributed by atoms with E-state index in [4.69, 9.17) is 0 Å². The number of unbranched alkanes of at least 4 members (excludes halogenated alkanes) is 7. The zero-order chi connectivity index (χ0) is 13.2. The molecule has 4 heteroatoms. The van der Waals surface area contributed by atoms with Crippen molar-refractivity contribution in [1.29, 1.82) is 0 Å². The van der Waals surface area contributed by atoms with Crippen molar-refractivity contribution >= 4 is 11.8 Å². The number of nitrogens with zero attached hydrogens (tertiary/aromatic N) is 1. The van der Waals surface area contributed by atoms with Crippen LogP contribution in [-0.4, -0.2) is 36.3 Å². The first-order valence-electron chi connectivity index (χ1n) is 7.29. The van der Waals surface area contributed by atoms with Gasteiger partial charge in [0, 0.05) is 6.54 Å². The average Bonchev–Trinajstić information content (AvgIpc) is 2.35. The molecule has 0 radical (unpaired) electrons. The summed E-state index contributed by atoms with van der Waals surface area (Å²) in [5.41, 5.74) is 0. The van der Waals surface area contributed by atoms with E-state index in [9.17, 15) is 9.59 Å². The number of carbonyl (C=O) groups excluding carboxylic acids is 2. The molecule has 18 heavy (non-hydrogen) atoms. The fraction of sp³-hybridized carbons (Fsp3) is 0.857. The van der Waals surface area contributed by atoms with Crippen LogP contribution in [0.3, 0.4) is 0 Å². The van der Waals surface area contributed by atoms with Gasteiger partial charge in [-0.1, -0.05) is 51.9 Å². The van der Waals surface area contributed by atoms with Crippen LogP contribution in [0.15, 0.2) is 0 Å². The second-order valence-corrected chi connectivity index (χ2v) is 5.02. The topological polar surface area (TPSA) is 49.4 Å². The molecule has 1 heterocycles. The van der Waals surface area contributed by atoms with Gasteiger partial charge in [0.25, 0.3) is 0 Å². The number of hydrogen-bond donors (Lipinski definition) is 1. The smallest absolute Gasteiger partial charge is 0.243 e. The largest absolute Gasteiger partial charge is 0.300 e. The first kappa shape index (κ1) is 15.2. The van der Waals surface area contributed by atoms with Crippen molar-refractivity contribution in [2.45, 2.75) is 58.3 Å². The minimum absolute atomic E-state index is 0.0748. The van der Waals surface area contributed by atoms with Crippen LogP contribution in [-0.2, 0) is 9.59 Å². The number of hydrogen-bond acceptors (Lipinski definition) is 3. The van der Waals surface area contributed by atoms with Crippen LogP contribution in [0.25, 0.3) is 0 Å². The Hall–Kier alpha value is -0.900. The highest BCUT2D eigenvalue weighted by Gasteiger charge is 2.24. The Kier molecular flexibility index (Phi) is 7.65. The van der Waals surface area contributed by atoms with E-state index in [1.54, 1.807) is 0 Å². The lowest BCUT2D eigenvalue weighted by atomic mass is 10.1. The fourth-order valence-corrected chi connectivity index (χ4v) is 2.26. The molecule has 0 aromatic rings. The predicted molar refractivity (Wildman–Crippen MR) is 72.2 cm³/mol. The molecule has 1 saturated heterocycles. The molecule has 0 spiro atoms. The lowest BCUT2D eigenvalue weighted by Crippen LogP contribution is -2.52. The summed E-state index contributed by atoms with van der Waals surface area (Å²) < 4.78 is 0. The van der Waals surface area contributed by atoms with Gasteiger partial charge in [-0.25, -0.2) is 0 Å². The quantitative estimate of drug-likeness (QED) is 0.506. The predicted octanol–water partition coefficient (Wildman–Crippen LogP) is 2.09. The van der Waals surface area contributed by atoms with E-state index < -0.39 is 0 Å². The third-order valence-corrected chi connectivity index (χ3v) is 3.39. The molecule has 1 aliphatic rings. The maximum absolute atomic E-state index is 11.5. The zero-order valence-corrected chi connectivity index (χ0v) is 11.5. The highest BCUT2D eigenvalue weighted by Crippen LogP contribution is 2.09. The maximum Gasteiger partial charge on any atom is 0.243 e. The van der Waals surface area contributed by atoms with E-state index in [1.165, 1.54) is 43.4 Å². The monoisotopic (exact) mass is 254 g/mol. The SMILES string of the molecule is CCCCCCCCCCN1C(=O)CNCC1=O. The number of piperazine rings is 1. The molecule has 4 nitrogen and oxygen atoms in total. The molecule has 1 fully saturated rings. The van der Waals surface area contributed by atoms with Gasteiger partial charge in [0.1, 0.15) is 0 Å². The van der Waals surface area contributed by atoms with E-state index >= 15 is 0 Å². The van der Waals surface area contributed by atoms with Crippen molar-refractivity contribution in [3.8, 4) is 0 Å². The molecule has 0 unspecified atom stereocenters. The first-order valence-corrected chi connectivity index (χ1v) is 7.29. The van der Waals surface area contributed by atoms with E-state index in [2.05, 4.69) is 12.2 Å². The first-order chi connectivity index (χ1) is 8.75. The maximum atomic E-state index is 11.5. The molecule has 0 bridgehead atoms. The van der Waals surface area contributed by atoms with Gasteiger partial charge < -0.3 is 0 Å². The van der Waals surface area contributed by atoms with E-state index in [1.807, 2.05) is 0 Å². The Morgan fingerprint density at radius 3 is 1.94 bits per heavy atom. The van der Waals surface area contributed by atoms with Gasteiger partial charge in [-0.3, -0.25) is 19.8 Å². The van der Waals surface area contributed by atoms with Crippen molar-refractivity contribution in [2.24, 2.45) is 0 Å². The van der Waals surface area contributed by atoms with Gasteiger partial charge in [0.15, 0.2) is 0 Å². The van der Waals surface area contributed by atoms with Crippen LogP contribution in [0.4, 0.5) is 0 Å². The molecule has 0 aromatic heterocycles. The van der Waals surface area contributed by atoms with E-state index in [0.717, 1.165) is 12.8 Å². The van der Waals surface area contributed by atoms with Crippen molar-refractivity contribution in [3.63, 3.8) is 0 Å². The van der Waals surface area contributed by atoms with Gasteiger partial charge in [0.2, 0.25) is 11.8 Å². The minimum Gasteiger partial charge on any atom is -0.300 e. The van der Waals surface area contributed by atoms with Crippen molar-refractivity contribution < 1.29 is 9.59 Å². The Morgan fingerprint density at radius 2 is 1.39 bits per heavy atom. The molecule has 0 aromatic carbocycles. The molecular formula is C14H26N2O2. The van der Waals surface area contributed by atoms with Gasteiger partial charge in [0.05, 0.1) is 13.1 Å². The highest BCUT2D eigenvalue weighted by atomic mass is 16.2. The molecule has 1 rings (SSSR count). The Morgan fingerprint density at radius 1 is 0.889 bits per heavy atom. The minimum atomic E-state index is -0.0748. The molecule has 0 atom stereocenters. The number of rotatable bonds is 9. The molecule has 1 aliphatic heterocycles. The highest BCUT2D eigenvalue weighted by molar-refractivity contribution is 5.99. The zero-order valence-electron chi connectivity index (χ0n) is 11.5. The van der Waals surface area contributed by atoms with Crippen molar-refractivity contribution in [2.75, 3.05) is 19.6 Å². The number of carbonyl (C=O) groups is 2. The molecule has 0 aliphatic carbocycles. The molecule has 0 saturated carbocycles. The summed E-state index contributed by atoms with van der Waals surface area (Å²) in [6.45, 7) is 3.45. The summed E-state index contributed by atoms with van der Waals surface area (Å²) in [6, 6.07) is 0. The van der Waals surface area contributed by atoms with Crippen LogP contribution in [0.1, 0.15) is 58.3 Å². The summed E-state index contributed by atoms with van der Waals surface area (Å²) in [7, 11) is 0. The van der Waals surface area contributed by atoms with Crippen LogP contribution < -0.4 is 5.32 Å². The summed E-state index contributed by atoms with van der Waals surface area (Å²) in [5.74, 6) is -0.150. The summed E-state index contributed by atoms with van der Waals surface area (Å²) in [6.07, 6.45) is 9.85. The number of nitrogens with one attached hydrogen (secondary N) is 1. The van der Waals surface area contributed by atoms with Crippen LogP contribution in [0, 0.1) is 0 Å². The summed E-state index contributed by atoms with van der Waals surface area (Å²) in [4.78, 5) is 24.4. The molecule has 2 amide bonds. The Bertz CT molecular complexity index is 251. The van der Waals surface area contributed by atoms with Gasteiger partial charge >= 0.3 is 0 Å². The third-order valence-electron chi connectivity index (χ3n) is 3.39. The Labute approximate surface area is 110 Å². The fourth-order valence-electron chi connectivity index (χ4n) is 2.26.